The lowest BCUT2D eigenvalue weighted by Gasteiger charge is -2.26. The van der Waals surface area contributed by atoms with Gasteiger partial charge in [0.05, 0.1) is 0 Å². The summed E-state index contributed by atoms with van der Waals surface area (Å²) < 4.78 is 10.8. The first kappa shape index (κ1) is 19.7. The van der Waals surface area contributed by atoms with Gasteiger partial charge in [-0.05, 0) is 52.7 Å². The molecule has 0 unspecified atom stereocenters. The summed E-state index contributed by atoms with van der Waals surface area (Å²) >= 11 is 3.37. The average molecular weight is 385 g/mol. The van der Waals surface area contributed by atoms with E-state index in [1.165, 1.54) is 0 Å². The van der Waals surface area contributed by atoms with Crippen molar-refractivity contribution in [2.45, 2.75) is 64.0 Å². The summed E-state index contributed by atoms with van der Waals surface area (Å²) in [6.45, 7) is 10.6. The maximum Gasteiger partial charge on any atom is 0.325 e. The molecule has 0 radical (unpaired) electrons. The predicted octanol–water partition coefficient (Wildman–Crippen LogP) is 4.35. The van der Waals surface area contributed by atoms with Gasteiger partial charge in [0.1, 0.15) is 11.2 Å². The van der Waals surface area contributed by atoms with Gasteiger partial charge in [0.25, 0.3) is 0 Å². The van der Waals surface area contributed by atoms with Crippen LogP contribution in [0, 0.1) is 0 Å². The van der Waals surface area contributed by atoms with Crippen LogP contribution in [0.1, 0.15) is 58.6 Å². The lowest BCUT2D eigenvalue weighted by molar-refractivity contribution is -0.169. The van der Waals surface area contributed by atoms with Crippen LogP contribution in [0.3, 0.4) is 0 Å². The number of hydrogen-bond acceptors (Lipinski definition) is 4. The molecule has 0 heterocycles. The molecule has 1 aromatic carbocycles. The molecule has 0 aliphatic heterocycles. The Bertz CT molecular complexity index is 522. The van der Waals surface area contributed by atoms with Crippen molar-refractivity contribution in [3.63, 3.8) is 0 Å². The van der Waals surface area contributed by atoms with Gasteiger partial charge in [-0.2, -0.15) is 0 Å². The zero-order valence-electron chi connectivity index (χ0n) is 14.6. The smallest absolute Gasteiger partial charge is 0.325 e. The SMILES string of the molecule is CC(C)(C)OC(=O)C(C(=O)OC(C)(C)C)c1ccc(CBr)cc1. The van der Waals surface area contributed by atoms with E-state index in [1.54, 1.807) is 53.7 Å². The molecule has 4 nitrogen and oxygen atoms in total. The normalized spacial score (nSPS) is 12.2. The van der Waals surface area contributed by atoms with E-state index in [0.717, 1.165) is 5.56 Å². The van der Waals surface area contributed by atoms with Gasteiger partial charge in [-0.1, -0.05) is 40.2 Å². The highest BCUT2D eigenvalue weighted by molar-refractivity contribution is 9.08. The highest BCUT2D eigenvalue weighted by Gasteiger charge is 2.36. The van der Waals surface area contributed by atoms with Crippen molar-refractivity contribution in [2.75, 3.05) is 0 Å². The van der Waals surface area contributed by atoms with Crippen LogP contribution in [0.15, 0.2) is 24.3 Å². The molecule has 0 saturated carbocycles. The van der Waals surface area contributed by atoms with E-state index < -0.39 is 29.1 Å². The fourth-order valence-corrected chi connectivity index (χ4v) is 2.26. The number of rotatable bonds is 4. The van der Waals surface area contributed by atoms with Crippen molar-refractivity contribution in [1.29, 1.82) is 0 Å². The zero-order chi connectivity index (χ0) is 17.8. The molecule has 0 atom stereocenters. The molecule has 0 spiro atoms. The van der Waals surface area contributed by atoms with Crippen molar-refractivity contribution in [3.05, 3.63) is 35.4 Å². The van der Waals surface area contributed by atoms with Crippen molar-refractivity contribution < 1.29 is 19.1 Å². The maximum atomic E-state index is 12.5. The van der Waals surface area contributed by atoms with Gasteiger partial charge in [0.15, 0.2) is 5.92 Å². The summed E-state index contributed by atoms with van der Waals surface area (Å²) in [7, 11) is 0. The minimum atomic E-state index is -1.09. The topological polar surface area (TPSA) is 52.6 Å². The molecule has 23 heavy (non-hydrogen) atoms. The second-order valence-electron chi connectivity index (χ2n) is 7.38. The third kappa shape index (κ3) is 6.73. The average Bonchev–Trinajstić information content (AvgIpc) is 2.35. The lowest BCUT2D eigenvalue weighted by Crippen LogP contribution is -2.35. The number of alkyl halides is 1. The fourth-order valence-electron chi connectivity index (χ4n) is 1.89. The molecular weight excluding hydrogens is 360 g/mol. The van der Waals surface area contributed by atoms with Crippen LogP contribution in [0.25, 0.3) is 0 Å². The Labute approximate surface area is 146 Å². The van der Waals surface area contributed by atoms with Crippen LogP contribution in [0.5, 0.6) is 0 Å². The summed E-state index contributed by atoms with van der Waals surface area (Å²) in [5.41, 5.74) is 0.277. The first-order chi connectivity index (χ1) is 10.4. The Morgan fingerprint density at radius 3 is 1.61 bits per heavy atom. The van der Waals surface area contributed by atoms with Crippen LogP contribution in [-0.2, 0) is 24.4 Å². The molecule has 0 N–H and O–H groups in total. The molecular formula is C18H25BrO4. The first-order valence-electron chi connectivity index (χ1n) is 7.53. The lowest BCUT2D eigenvalue weighted by atomic mass is 9.97. The molecule has 1 aromatic rings. The number of ether oxygens (including phenoxy) is 2. The molecule has 128 valence electrons. The summed E-state index contributed by atoms with van der Waals surface area (Å²) in [6.07, 6.45) is 0. The van der Waals surface area contributed by atoms with E-state index in [-0.39, 0.29) is 0 Å². The van der Waals surface area contributed by atoms with Crippen LogP contribution in [0.2, 0.25) is 0 Å². The van der Waals surface area contributed by atoms with Crippen LogP contribution in [-0.4, -0.2) is 23.1 Å². The summed E-state index contributed by atoms with van der Waals surface area (Å²) in [5, 5.41) is 0.705. The Balaban J connectivity index is 3.14. The molecule has 0 saturated heterocycles. The number of carbonyl (C=O) groups excluding carboxylic acids is 2. The van der Waals surface area contributed by atoms with Gasteiger partial charge in [-0.25, -0.2) is 0 Å². The van der Waals surface area contributed by atoms with Gasteiger partial charge in [-0.3, -0.25) is 9.59 Å². The zero-order valence-corrected chi connectivity index (χ0v) is 16.2. The van der Waals surface area contributed by atoms with Gasteiger partial charge in [0, 0.05) is 5.33 Å². The minimum absolute atomic E-state index is 0.568. The van der Waals surface area contributed by atoms with Gasteiger partial charge in [-0.15, -0.1) is 0 Å². The number of benzene rings is 1. The molecule has 0 aliphatic rings. The van der Waals surface area contributed by atoms with E-state index in [2.05, 4.69) is 15.9 Å². The quantitative estimate of drug-likeness (QED) is 0.439. The van der Waals surface area contributed by atoms with Gasteiger partial charge in [0.2, 0.25) is 0 Å². The van der Waals surface area contributed by atoms with Gasteiger partial charge >= 0.3 is 11.9 Å². The van der Waals surface area contributed by atoms with Crippen molar-refractivity contribution in [2.24, 2.45) is 0 Å². The molecule has 0 bridgehead atoms. The van der Waals surface area contributed by atoms with Crippen LogP contribution >= 0.6 is 15.9 Å². The van der Waals surface area contributed by atoms with Crippen LogP contribution < -0.4 is 0 Å². The Morgan fingerprint density at radius 2 is 1.30 bits per heavy atom. The molecule has 1 rings (SSSR count). The number of esters is 2. The van der Waals surface area contributed by atoms with Gasteiger partial charge < -0.3 is 9.47 Å². The van der Waals surface area contributed by atoms with E-state index in [1.807, 2.05) is 12.1 Å². The third-order valence-electron chi connectivity index (χ3n) is 2.75. The monoisotopic (exact) mass is 384 g/mol. The second-order valence-corrected chi connectivity index (χ2v) is 7.94. The highest BCUT2D eigenvalue weighted by atomic mass is 79.9. The molecule has 0 fully saturated rings. The predicted molar refractivity (Wildman–Crippen MR) is 93.5 cm³/mol. The van der Waals surface area contributed by atoms with E-state index in [4.69, 9.17) is 9.47 Å². The Hall–Kier alpha value is -1.36. The summed E-state index contributed by atoms with van der Waals surface area (Å²) in [5.74, 6) is -2.28. The maximum absolute atomic E-state index is 12.5. The van der Waals surface area contributed by atoms with E-state index >= 15 is 0 Å². The number of halogens is 1. The summed E-state index contributed by atoms with van der Waals surface area (Å²) in [4.78, 5) is 25.0. The molecule has 5 heteroatoms. The van der Waals surface area contributed by atoms with E-state index in [9.17, 15) is 9.59 Å². The minimum Gasteiger partial charge on any atom is -0.459 e. The largest absolute Gasteiger partial charge is 0.459 e. The highest BCUT2D eigenvalue weighted by Crippen LogP contribution is 2.25. The van der Waals surface area contributed by atoms with Crippen molar-refractivity contribution in [3.8, 4) is 0 Å². The van der Waals surface area contributed by atoms with E-state index in [0.29, 0.717) is 10.9 Å². The van der Waals surface area contributed by atoms with Crippen LogP contribution in [0.4, 0.5) is 0 Å². The molecule has 0 amide bonds. The number of hydrogen-bond donors (Lipinski definition) is 0. The summed E-state index contributed by atoms with van der Waals surface area (Å²) in [6, 6.07) is 7.25. The van der Waals surface area contributed by atoms with Crippen molar-refractivity contribution in [1.82, 2.24) is 0 Å². The molecule has 0 aliphatic carbocycles. The molecule has 0 aromatic heterocycles. The fraction of sp³-hybridized carbons (Fsp3) is 0.556. The Morgan fingerprint density at radius 1 is 0.913 bits per heavy atom. The third-order valence-corrected chi connectivity index (χ3v) is 3.40. The van der Waals surface area contributed by atoms with Crippen molar-refractivity contribution >= 4 is 27.9 Å². The Kier molecular flexibility index (Phi) is 6.40. The standard InChI is InChI=1S/C18H25BrO4/c1-17(2,3)22-15(20)14(16(21)23-18(4,5)6)13-9-7-12(11-19)8-10-13/h7-10,14H,11H2,1-6H3. The second kappa shape index (κ2) is 7.47. The first-order valence-corrected chi connectivity index (χ1v) is 8.65. The number of carbonyl (C=O) groups is 2.